The molecule has 4 aromatic heterocycles. The van der Waals surface area contributed by atoms with Crippen molar-refractivity contribution in [1.29, 1.82) is 0 Å². The molecule has 6 heteroatoms. The monoisotopic (exact) mass is 1000 g/mol. The molecule has 0 amide bonds. The van der Waals surface area contributed by atoms with Gasteiger partial charge < -0.3 is 13.7 Å². The van der Waals surface area contributed by atoms with Crippen LogP contribution in [0.4, 0.5) is 0 Å². The van der Waals surface area contributed by atoms with Crippen LogP contribution in [0.2, 0.25) is 0 Å². The highest BCUT2D eigenvalue weighted by atomic mass is 15.1. The Labute approximate surface area is 456 Å². The van der Waals surface area contributed by atoms with Gasteiger partial charge in [0.05, 0.1) is 22.4 Å². The van der Waals surface area contributed by atoms with Crippen LogP contribution < -0.4 is 32.8 Å². The van der Waals surface area contributed by atoms with Crippen molar-refractivity contribution in [3.05, 3.63) is 143 Å². The van der Waals surface area contributed by atoms with Crippen LogP contribution in [0.25, 0.3) is 93.6 Å². The van der Waals surface area contributed by atoms with Crippen LogP contribution in [0.3, 0.4) is 0 Å². The van der Waals surface area contributed by atoms with Gasteiger partial charge in [-0.2, -0.15) is 0 Å². The third kappa shape index (κ3) is 5.85. The van der Waals surface area contributed by atoms with Crippen molar-refractivity contribution in [2.75, 3.05) is 0 Å². The Hall–Kier alpha value is -6.78. The van der Waals surface area contributed by atoms with E-state index in [1.54, 1.807) is 0 Å². The van der Waals surface area contributed by atoms with E-state index in [-0.39, 0.29) is 45.9 Å². The minimum Gasteiger partial charge on any atom is -0.311 e. The number of hydrogen-bond donors (Lipinski definition) is 0. The van der Waals surface area contributed by atoms with Gasteiger partial charge >= 0.3 is 0 Å². The van der Waals surface area contributed by atoms with Crippen LogP contribution in [0.5, 0.6) is 0 Å². The van der Waals surface area contributed by atoms with E-state index in [1.807, 2.05) is 12.4 Å². The summed E-state index contributed by atoms with van der Waals surface area (Å²) >= 11 is 0. The van der Waals surface area contributed by atoms with Gasteiger partial charge in [-0.05, 0) is 128 Å². The number of pyridine rings is 1. The van der Waals surface area contributed by atoms with Gasteiger partial charge in [0.2, 0.25) is 0 Å². The third-order valence-corrected chi connectivity index (χ3v) is 18.9. The molecule has 15 rings (SSSR count). The number of hydrogen-bond acceptors (Lipinski definition) is 1. The van der Waals surface area contributed by atoms with Crippen molar-refractivity contribution in [3.63, 3.8) is 0 Å². The van der Waals surface area contributed by atoms with Crippen LogP contribution in [0.15, 0.2) is 109 Å². The fourth-order valence-electron chi connectivity index (χ4n) is 15.6. The van der Waals surface area contributed by atoms with Crippen LogP contribution in [-0.2, 0) is 32.5 Å². The molecular formula is C71H72B2N4. The van der Waals surface area contributed by atoms with Gasteiger partial charge in [-0.3, -0.25) is 4.98 Å². The van der Waals surface area contributed by atoms with E-state index in [9.17, 15) is 0 Å². The molecule has 4 nitrogen and oxygen atoms in total. The summed E-state index contributed by atoms with van der Waals surface area (Å²) in [5, 5.41) is 8.01. The van der Waals surface area contributed by atoms with E-state index in [0.29, 0.717) is 0 Å². The van der Waals surface area contributed by atoms with E-state index in [2.05, 4.69) is 235 Å². The molecule has 0 fully saturated rings. The van der Waals surface area contributed by atoms with Crippen molar-refractivity contribution in [2.45, 2.75) is 157 Å². The molecule has 0 aliphatic carbocycles. The molecule has 0 radical (unpaired) electrons. The molecule has 0 bridgehead atoms. The molecule has 0 spiro atoms. The third-order valence-electron chi connectivity index (χ3n) is 18.9. The first-order chi connectivity index (χ1) is 36.1. The Morgan fingerprint density at radius 1 is 0.312 bits per heavy atom. The zero-order valence-electron chi connectivity index (χ0n) is 48.8. The molecule has 382 valence electrons. The van der Waals surface area contributed by atoms with Crippen molar-refractivity contribution < 1.29 is 0 Å². The van der Waals surface area contributed by atoms with Crippen LogP contribution in [0.1, 0.15) is 158 Å². The summed E-state index contributed by atoms with van der Waals surface area (Å²) in [4.78, 5) is 4.80. The molecule has 0 saturated heterocycles. The predicted octanol–water partition coefficient (Wildman–Crippen LogP) is 14.1. The van der Waals surface area contributed by atoms with Gasteiger partial charge in [-0.25, -0.2) is 0 Å². The maximum atomic E-state index is 4.80. The van der Waals surface area contributed by atoms with Crippen LogP contribution in [0, 0.1) is 0 Å². The van der Waals surface area contributed by atoms with Crippen molar-refractivity contribution in [3.8, 4) is 28.2 Å². The first-order valence-corrected chi connectivity index (χ1v) is 28.6. The van der Waals surface area contributed by atoms with E-state index >= 15 is 0 Å². The lowest BCUT2D eigenvalue weighted by atomic mass is 9.27. The molecule has 11 aromatic rings. The second-order valence-electron chi connectivity index (χ2n) is 30.0. The summed E-state index contributed by atoms with van der Waals surface area (Å²) in [5.41, 5.74) is 31.0. The second kappa shape index (κ2) is 14.3. The van der Waals surface area contributed by atoms with Crippen LogP contribution >= 0.6 is 0 Å². The highest BCUT2D eigenvalue weighted by Gasteiger charge is 2.54. The summed E-state index contributed by atoms with van der Waals surface area (Å²) in [6, 6.07) is 39.6. The lowest BCUT2D eigenvalue weighted by Gasteiger charge is -2.46. The maximum Gasteiger partial charge on any atom is 0.252 e. The number of nitrogens with zero attached hydrogens (tertiary/aromatic N) is 4. The second-order valence-corrected chi connectivity index (χ2v) is 30.0. The molecule has 0 unspecified atom stereocenters. The van der Waals surface area contributed by atoms with E-state index in [1.165, 1.54) is 160 Å². The molecule has 0 saturated carbocycles. The molecule has 0 atom stereocenters. The standard InChI is InChI=1S/C71H72B2N4/c1-66(2,3)38-19-21-40-42-23-27-46(68(7,8)9)53-59(42)75(50(40)35-38)63-52(37-31-33-74-34-32-37)64-58-65-57(63)72(53)55-48(70(13,14)15)29-25-44-45-26-30-49(71(16,17)18)56(62(45)77(65)61(44)55)73(58)54-47(69(10,11)12)28-24-43-41-22-20-39(67(4,5)6)36-51(41)76(64)60(43)54/h19-36H,1-18H3. The fraction of sp³-hybridized carbons (Fsp3) is 0.338. The van der Waals surface area contributed by atoms with Crippen molar-refractivity contribution >= 4 is 112 Å². The summed E-state index contributed by atoms with van der Waals surface area (Å²) in [6.07, 6.45) is 4.08. The van der Waals surface area contributed by atoms with Gasteiger partial charge in [0, 0.05) is 78.0 Å². The molecular weight excluding hydrogens is 930 g/mol. The average molecular weight is 1000 g/mol. The summed E-state index contributed by atoms with van der Waals surface area (Å²) < 4.78 is 8.50. The Balaban J connectivity index is 1.33. The van der Waals surface area contributed by atoms with Gasteiger partial charge in [0.1, 0.15) is 0 Å². The Morgan fingerprint density at radius 2 is 0.623 bits per heavy atom. The number of fused-ring (bicyclic) bond motifs is 13. The first kappa shape index (κ1) is 47.4. The molecule has 4 aliphatic heterocycles. The fourth-order valence-corrected chi connectivity index (χ4v) is 15.6. The Bertz CT molecular complexity index is 4280. The average Bonchev–Trinajstić information content (AvgIpc) is 2.78. The van der Waals surface area contributed by atoms with Gasteiger partial charge in [0.15, 0.2) is 0 Å². The normalized spacial score (nSPS) is 14.8. The highest BCUT2D eigenvalue weighted by molar-refractivity contribution is 7.05. The predicted molar refractivity (Wildman–Crippen MR) is 334 cm³/mol. The SMILES string of the molecule is CC(C)(C)c1ccc2c3ccc(C(C)(C)C)c4c3n(c2c1)-c1c2c3c5c(c1-c1ccncc1)-n1c6cc(C(C)(C)C)ccc6c6ccc(C(C)(C)C)c(c61)B5c1c(C(C)(C)C)ccc5c6ccc(C(C)(C)C)c(c6n-3c15)B24. The zero-order valence-corrected chi connectivity index (χ0v) is 48.8. The summed E-state index contributed by atoms with van der Waals surface area (Å²) in [5.74, 6) is 0. The zero-order chi connectivity index (χ0) is 54.1. The highest BCUT2D eigenvalue weighted by Crippen LogP contribution is 2.51. The van der Waals surface area contributed by atoms with Crippen molar-refractivity contribution in [1.82, 2.24) is 18.7 Å². The summed E-state index contributed by atoms with van der Waals surface area (Å²) in [6.45, 7) is 43.5. The molecule has 77 heavy (non-hydrogen) atoms. The van der Waals surface area contributed by atoms with Gasteiger partial charge in [0.25, 0.3) is 13.4 Å². The Morgan fingerprint density at radius 3 is 0.948 bits per heavy atom. The first-order valence-electron chi connectivity index (χ1n) is 28.6. The summed E-state index contributed by atoms with van der Waals surface area (Å²) in [7, 11) is 0. The number of rotatable bonds is 1. The maximum absolute atomic E-state index is 4.80. The number of aromatic nitrogens is 4. The Kier molecular flexibility index (Phi) is 8.79. The molecule has 7 aromatic carbocycles. The minimum atomic E-state index is -0.156. The quantitative estimate of drug-likeness (QED) is 0.151. The minimum absolute atomic E-state index is 0.0603. The van der Waals surface area contributed by atoms with E-state index in [4.69, 9.17) is 4.98 Å². The van der Waals surface area contributed by atoms with E-state index < -0.39 is 0 Å². The van der Waals surface area contributed by atoms with E-state index in [0.717, 1.165) is 0 Å². The van der Waals surface area contributed by atoms with Gasteiger partial charge in [-0.1, -0.05) is 197 Å². The topological polar surface area (TPSA) is 27.7 Å². The molecule has 4 aliphatic rings. The molecule has 8 heterocycles. The van der Waals surface area contributed by atoms with Crippen molar-refractivity contribution in [2.24, 2.45) is 0 Å². The van der Waals surface area contributed by atoms with Crippen LogP contribution in [-0.4, -0.2) is 32.1 Å². The lowest BCUT2D eigenvalue weighted by molar-refractivity contribution is 0.590. The number of benzene rings is 7. The van der Waals surface area contributed by atoms with Gasteiger partial charge in [-0.15, -0.1) is 0 Å². The largest absolute Gasteiger partial charge is 0.311 e. The lowest BCUT2D eigenvalue weighted by Crippen LogP contribution is -2.69. The molecule has 0 N–H and O–H groups in total. The smallest absolute Gasteiger partial charge is 0.252 e.